The van der Waals surface area contributed by atoms with Gasteiger partial charge in [0.05, 0.1) is 24.4 Å². The third-order valence-corrected chi connectivity index (χ3v) is 10.7. The lowest BCUT2D eigenvalue weighted by molar-refractivity contribution is -0.146. The maximum Gasteiger partial charge on any atom is 0.416 e. The smallest absolute Gasteiger partial charge is 0.416 e. The quantitative estimate of drug-likeness (QED) is 0.181. The summed E-state index contributed by atoms with van der Waals surface area (Å²) in [4.78, 5) is 34.6. The van der Waals surface area contributed by atoms with Gasteiger partial charge in [-0.25, -0.2) is 4.99 Å². The fourth-order valence-corrected chi connectivity index (χ4v) is 7.93. The number of aliphatic imine (C=N–C) groups is 1. The summed E-state index contributed by atoms with van der Waals surface area (Å²) >= 11 is 0. The van der Waals surface area contributed by atoms with Gasteiger partial charge in [-0.15, -0.1) is 0 Å². The molecule has 0 radical (unpaired) electrons. The molecule has 1 saturated carbocycles. The molecule has 2 aliphatic heterocycles. The van der Waals surface area contributed by atoms with Gasteiger partial charge in [0.2, 0.25) is 5.91 Å². The van der Waals surface area contributed by atoms with E-state index in [-0.39, 0.29) is 60.0 Å². The Morgan fingerprint density at radius 2 is 1.54 bits per heavy atom. The normalized spacial score (nSPS) is 24.2. The van der Waals surface area contributed by atoms with Crippen LogP contribution in [0.3, 0.4) is 0 Å². The molecule has 3 heterocycles. The summed E-state index contributed by atoms with van der Waals surface area (Å²) in [7, 11) is 3.15. The monoisotopic (exact) mass is 735 g/mol. The van der Waals surface area contributed by atoms with Crippen molar-refractivity contribution in [2.75, 3.05) is 7.11 Å². The van der Waals surface area contributed by atoms with Crippen molar-refractivity contribution < 1.29 is 40.7 Å². The number of alkyl halides is 6. The van der Waals surface area contributed by atoms with Crippen LogP contribution >= 0.6 is 0 Å². The zero-order valence-corrected chi connectivity index (χ0v) is 30.0. The molecule has 0 N–H and O–H groups in total. The standard InChI is InChI=1S/C38H47F6N5O3/c1-5-31-18-33(19-32(6-2)49(31)36(51)26-12-10-24(11-13-26)16-35(50)52-4)48(34-9-7-8-27(20-45-34)28-21-46-47(3)23-28)22-25-14-29(37(39,40)41)17-30(15-25)38(42,43)44/h8-9,14-15,17,20-21,23-24,26,31-33H,5-7,10-13,16,18-19,22H2,1-4H3/t24?,26?,31-,32+,33?. The van der Waals surface area contributed by atoms with Gasteiger partial charge in [0.15, 0.2) is 0 Å². The van der Waals surface area contributed by atoms with Crippen LogP contribution in [-0.2, 0) is 40.3 Å². The van der Waals surface area contributed by atoms with E-state index >= 15 is 0 Å². The predicted molar refractivity (Wildman–Crippen MR) is 184 cm³/mol. The summed E-state index contributed by atoms with van der Waals surface area (Å²) < 4.78 is 90.0. The number of aromatic nitrogens is 2. The zero-order chi connectivity index (χ0) is 37.8. The minimum atomic E-state index is -4.98. The van der Waals surface area contributed by atoms with Crippen molar-refractivity contribution in [2.24, 2.45) is 23.9 Å². The van der Waals surface area contributed by atoms with Crippen molar-refractivity contribution in [2.45, 2.75) is 115 Å². The summed E-state index contributed by atoms with van der Waals surface area (Å²) in [5.41, 5.74) is -1.25. The minimum Gasteiger partial charge on any atom is -0.469 e. The first-order chi connectivity index (χ1) is 24.6. The number of benzene rings is 1. The van der Waals surface area contributed by atoms with Gasteiger partial charge in [-0.05, 0) is 99.1 Å². The van der Waals surface area contributed by atoms with Crippen molar-refractivity contribution >= 4 is 23.7 Å². The van der Waals surface area contributed by atoms with Crippen molar-refractivity contribution in [3.05, 3.63) is 70.8 Å². The summed E-state index contributed by atoms with van der Waals surface area (Å²) in [6.07, 6.45) is 4.80. The van der Waals surface area contributed by atoms with E-state index < -0.39 is 23.5 Å². The van der Waals surface area contributed by atoms with Gasteiger partial charge in [0, 0.05) is 62.0 Å². The third kappa shape index (κ3) is 9.27. The van der Waals surface area contributed by atoms with Crippen LogP contribution in [0.1, 0.15) is 100 Å². The van der Waals surface area contributed by atoms with Crippen LogP contribution in [0.4, 0.5) is 26.3 Å². The molecule has 2 fully saturated rings. The third-order valence-electron chi connectivity index (χ3n) is 10.7. The second-order valence-electron chi connectivity index (χ2n) is 14.2. The van der Waals surface area contributed by atoms with E-state index in [1.807, 2.05) is 42.0 Å². The first-order valence-corrected chi connectivity index (χ1v) is 18.0. The molecule has 284 valence electrons. The summed E-state index contributed by atoms with van der Waals surface area (Å²) in [5.74, 6) is 0.261. The topological polar surface area (TPSA) is 80.0 Å². The highest BCUT2D eigenvalue weighted by Crippen LogP contribution is 2.40. The molecule has 0 bridgehead atoms. The van der Waals surface area contributed by atoms with Gasteiger partial charge < -0.3 is 14.5 Å². The molecule has 1 unspecified atom stereocenters. The molecule has 14 heteroatoms. The molecule has 2 aromatic rings. The van der Waals surface area contributed by atoms with Crippen molar-refractivity contribution in [3.63, 3.8) is 0 Å². The average molecular weight is 736 g/mol. The number of ether oxygens (including phenoxy) is 1. The van der Waals surface area contributed by atoms with Gasteiger partial charge in [0.1, 0.15) is 5.82 Å². The first-order valence-electron chi connectivity index (χ1n) is 18.0. The SMILES string of the molecule is CC[C@@H]1CC(N(Cc2cc(C(F)(F)F)cc(C(F)(F)F)c2)C2=CCC=C(c3cnn(C)c3)C=N2)C[C@H](CC)N1C(=O)C1CCC(CC(=O)OC)CC1. The van der Waals surface area contributed by atoms with E-state index in [9.17, 15) is 35.9 Å². The Bertz CT molecular complexity index is 1620. The number of likely N-dealkylation sites (tertiary alicyclic amines) is 1. The van der Waals surface area contributed by atoms with Crippen LogP contribution in [0, 0.1) is 11.8 Å². The van der Waals surface area contributed by atoms with Crippen molar-refractivity contribution in [1.29, 1.82) is 0 Å². The fraction of sp³-hybridized carbons (Fsp3) is 0.579. The largest absolute Gasteiger partial charge is 0.469 e. The number of halogens is 6. The molecule has 8 nitrogen and oxygen atoms in total. The number of hydrogen-bond donors (Lipinski definition) is 0. The van der Waals surface area contributed by atoms with E-state index in [2.05, 4.69) is 5.10 Å². The van der Waals surface area contributed by atoms with E-state index in [1.54, 1.807) is 24.1 Å². The van der Waals surface area contributed by atoms with Gasteiger partial charge in [-0.3, -0.25) is 14.3 Å². The molecule has 3 atom stereocenters. The molecule has 1 saturated heterocycles. The molecule has 1 aromatic heterocycles. The lowest BCUT2D eigenvalue weighted by Crippen LogP contribution is -2.57. The van der Waals surface area contributed by atoms with Crippen LogP contribution in [0.25, 0.3) is 5.57 Å². The van der Waals surface area contributed by atoms with Gasteiger partial charge in [-0.2, -0.15) is 31.4 Å². The van der Waals surface area contributed by atoms with Crippen LogP contribution in [0.5, 0.6) is 0 Å². The molecular formula is C38H47F6N5O3. The number of rotatable bonds is 10. The van der Waals surface area contributed by atoms with Crippen molar-refractivity contribution in [1.82, 2.24) is 19.6 Å². The number of carbonyl (C=O) groups excluding carboxylic acids is 2. The highest BCUT2D eigenvalue weighted by atomic mass is 19.4. The Labute approximate surface area is 300 Å². The molecular weight excluding hydrogens is 688 g/mol. The Morgan fingerprint density at radius 3 is 2.06 bits per heavy atom. The van der Waals surface area contributed by atoms with E-state index in [0.717, 1.165) is 36.1 Å². The average Bonchev–Trinajstić information content (AvgIpc) is 3.40. The van der Waals surface area contributed by atoms with Crippen LogP contribution in [0.2, 0.25) is 0 Å². The number of allylic oxidation sites excluding steroid dienone is 3. The number of methoxy groups -OCH3 is 1. The lowest BCUT2D eigenvalue weighted by atomic mass is 9.78. The summed E-state index contributed by atoms with van der Waals surface area (Å²) in [5, 5.41) is 4.22. The highest BCUT2D eigenvalue weighted by molar-refractivity contribution is 6.10. The number of esters is 1. The van der Waals surface area contributed by atoms with E-state index in [4.69, 9.17) is 9.73 Å². The van der Waals surface area contributed by atoms with Gasteiger partial charge in [0.25, 0.3) is 0 Å². The molecule has 1 aromatic carbocycles. The number of carbonyl (C=O) groups is 2. The number of hydrogen-bond acceptors (Lipinski definition) is 6. The van der Waals surface area contributed by atoms with E-state index in [0.29, 0.717) is 57.2 Å². The number of aryl methyl sites for hydroxylation is 1. The number of amides is 1. The second kappa shape index (κ2) is 16.3. The summed E-state index contributed by atoms with van der Waals surface area (Å²) in [6.45, 7) is 3.74. The Balaban J connectivity index is 1.45. The van der Waals surface area contributed by atoms with E-state index in [1.165, 1.54) is 7.11 Å². The fourth-order valence-electron chi connectivity index (χ4n) is 7.93. The molecule has 0 spiro atoms. The Morgan fingerprint density at radius 1 is 0.923 bits per heavy atom. The highest BCUT2D eigenvalue weighted by Gasteiger charge is 2.43. The second-order valence-corrected chi connectivity index (χ2v) is 14.2. The lowest BCUT2D eigenvalue weighted by Gasteiger charge is -2.50. The van der Waals surface area contributed by atoms with Gasteiger partial charge in [-0.1, -0.05) is 19.9 Å². The zero-order valence-electron chi connectivity index (χ0n) is 30.0. The number of piperidine rings is 1. The Kier molecular flexibility index (Phi) is 12.2. The minimum absolute atomic E-state index is 0.0740. The van der Waals surface area contributed by atoms with Crippen LogP contribution in [0.15, 0.2) is 53.6 Å². The molecule has 1 amide bonds. The Hall–Kier alpha value is -4.10. The van der Waals surface area contributed by atoms with Crippen molar-refractivity contribution in [3.8, 4) is 0 Å². The number of nitrogens with zero attached hydrogens (tertiary/aromatic N) is 5. The molecule has 52 heavy (non-hydrogen) atoms. The predicted octanol–water partition coefficient (Wildman–Crippen LogP) is 8.58. The molecule has 1 aliphatic carbocycles. The maximum atomic E-state index is 14.2. The maximum absolute atomic E-state index is 14.2. The summed E-state index contributed by atoms with van der Waals surface area (Å²) in [6, 6.07) is 0.991. The van der Waals surface area contributed by atoms with Crippen LogP contribution in [-0.4, -0.2) is 62.9 Å². The molecule has 3 aliphatic rings. The first kappa shape index (κ1) is 39.1. The van der Waals surface area contributed by atoms with Gasteiger partial charge >= 0.3 is 18.3 Å². The molecule has 5 rings (SSSR count). The van der Waals surface area contributed by atoms with Crippen LogP contribution < -0.4 is 0 Å².